The van der Waals surface area contributed by atoms with Gasteiger partial charge in [0.15, 0.2) is 0 Å². The van der Waals surface area contributed by atoms with Crippen molar-refractivity contribution < 1.29 is 14.3 Å². The number of benzene rings is 1. The Hall–Kier alpha value is -1.55. The van der Waals surface area contributed by atoms with Crippen molar-refractivity contribution >= 4 is 30.6 Å². The van der Waals surface area contributed by atoms with E-state index in [1.54, 1.807) is 18.2 Å². The van der Waals surface area contributed by atoms with Gasteiger partial charge in [-0.15, -0.1) is 0 Å². The third-order valence-corrected chi connectivity index (χ3v) is 2.56. The maximum atomic E-state index is 11.4. The molecule has 1 aliphatic heterocycles. The van der Waals surface area contributed by atoms with Crippen molar-refractivity contribution in [1.29, 1.82) is 0 Å². The van der Waals surface area contributed by atoms with Gasteiger partial charge in [-0.1, -0.05) is 24.3 Å². The molecule has 16 heavy (non-hydrogen) atoms. The second kappa shape index (κ2) is 4.53. The average molecular weight is 234 g/mol. The number of hydrogen-bond acceptors (Lipinski definition) is 4. The Bertz CT molecular complexity index is 477. The Kier molecular flexibility index (Phi) is 3.10. The molecule has 0 aliphatic carbocycles. The van der Waals surface area contributed by atoms with Crippen LogP contribution in [0.2, 0.25) is 0 Å². The van der Waals surface area contributed by atoms with E-state index in [2.05, 4.69) is 17.4 Å². The van der Waals surface area contributed by atoms with E-state index in [-0.39, 0.29) is 0 Å². The van der Waals surface area contributed by atoms with Crippen LogP contribution in [0.1, 0.15) is 32.7 Å². The van der Waals surface area contributed by atoms with Gasteiger partial charge in [-0.2, -0.15) is 12.6 Å². The Morgan fingerprint density at radius 1 is 1.25 bits per heavy atom. The Morgan fingerprint density at radius 2 is 2.06 bits per heavy atom. The molecule has 0 fully saturated rings. The smallest absolute Gasteiger partial charge is 0.347 e. The largest absolute Gasteiger partial charge is 0.386 e. The second-order valence-electron chi connectivity index (χ2n) is 3.36. The molecular weight excluding hydrogens is 224 g/mol. The highest BCUT2D eigenvalue weighted by molar-refractivity contribution is 7.80. The van der Waals surface area contributed by atoms with E-state index in [1.165, 1.54) is 0 Å². The van der Waals surface area contributed by atoms with Crippen molar-refractivity contribution in [3.63, 3.8) is 0 Å². The average Bonchev–Trinajstić information content (AvgIpc) is 2.56. The SMILES string of the molecule is O=C1OC(=O)c2c(C=CCCS)cccc21. The molecule has 0 aromatic heterocycles. The Labute approximate surface area is 98.5 Å². The molecule has 0 saturated heterocycles. The summed E-state index contributed by atoms with van der Waals surface area (Å²) in [4.78, 5) is 22.7. The number of thiol groups is 1. The van der Waals surface area contributed by atoms with Gasteiger partial charge in [0.1, 0.15) is 0 Å². The van der Waals surface area contributed by atoms with Gasteiger partial charge in [0.05, 0.1) is 11.1 Å². The van der Waals surface area contributed by atoms with Crippen LogP contribution in [0, 0.1) is 0 Å². The number of hydrogen-bond donors (Lipinski definition) is 1. The van der Waals surface area contributed by atoms with Crippen LogP contribution in [0.25, 0.3) is 6.08 Å². The predicted molar refractivity (Wildman–Crippen MR) is 63.7 cm³/mol. The fraction of sp³-hybridized carbons (Fsp3) is 0.167. The summed E-state index contributed by atoms with van der Waals surface area (Å²) >= 11 is 4.08. The van der Waals surface area contributed by atoms with Crippen LogP contribution >= 0.6 is 12.6 Å². The van der Waals surface area contributed by atoms with Gasteiger partial charge < -0.3 is 4.74 Å². The quantitative estimate of drug-likeness (QED) is 0.496. The normalized spacial score (nSPS) is 14.3. The lowest BCUT2D eigenvalue weighted by Gasteiger charge is -1.98. The first-order chi connectivity index (χ1) is 7.74. The molecule has 2 rings (SSSR count). The van der Waals surface area contributed by atoms with Crippen LogP contribution in [-0.4, -0.2) is 17.7 Å². The minimum atomic E-state index is -0.565. The highest BCUT2D eigenvalue weighted by atomic mass is 32.1. The molecule has 1 aromatic rings. The number of ether oxygens (including phenoxy) is 1. The first-order valence-electron chi connectivity index (χ1n) is 4.91. The van der Waals surface area contributed by atoms with Gasteiger partial charge in [0, 0.05) is 0 Å². The third kappa shape index (κ3) is 1.88. The molecule has 1 aliphatic rings. The molecular formula is C12H10O3S. The summed E-state index contributed by atoms with van der Waals surface area (Å²) in [6.07, 6.45) is 4.55. The van der Waals surface area contributed by atoms with E-state index in [0.717, 1.165) is 17.7 Å². The lowest BCUT2D eigenvalue weighted by molar-refractivity contribution is 0.0444. The van der Waals surface area contributed by atoms with Crippen molar-refractivity contribution in [3.8, 4) is 0 Å². The zero-order chi connectivity index (χ0) is 11.5. The number of fused-ring (bicyclic) bond motifs is 1. The molecule has 0 bridgehead atoms. The van der Waals surface area contributed by atoms with Crippen LogP contribution < -0.4 is 0 Å². The molecule has 82 valence electrons. The molecule has 0 N–H and O–H groups in total. The first kappa shape index (κ1) is 11.0. The zero-order valence-corrected chi connectivity index (χ0v) is 9.37. The van der Waals surface area contributed by atoms with Crippen molar-refractivity contribution in [2.75, 3.05) is 5.75 Å². The summed E-state index contributed by atoms with van der Waals surface area (Å²) in [6.45, 7) is 0. The van der Waals surface area contributed by atoms with Crippen molar-refractivity contribution in [3.05, 3.63) is 41.0 Å². The summed E-state index contributed by atoms with van der Waals surface area (Å²) in [7, 11) is 0. The fourth-order valence-corrected chi connectivity index (χ4v) is 1.73. The molecule has 0 amide bonds. The summed E-state index contributed by atoms with van der Waals surface area (Å²) in [6, 6.07) is 5.12. The molecule has 4 heteroatoms. The minimum Gasteiger partial charge on any atom is -0.386 e. The minimum absolute atomic E-state index is 0.345. The van der Waals surface area contributed by atoms with E-state index >= 15 is 0 Å². The van der Waals surface area contributed by atoms with Crippen LogP contribution in [0.5, 0.6) is 0 Å². The summed E-state index contributed by atoms with van der Waals surface area (Å²) < 4.78 is 4.55. The van der Waals surface area contributed by atoms with Crippen LogP contribution in [0.4, 0.5) is 0 Å². The lowest BCUT2D eigenvalue weighted by Crippen LogP contribution is -1.98. The van der Waals surface area contributed by atoms with E-state index in [0.29, 0.717) is 11.1 Å². The summed E-state index contributed by atoms with van der Waals surface area (Å²) in [5.41, 5.74) is 1.43. The number of allylic oxidation sites excluding steroid dienone is 1. The number of carbonyl (C=O) groups is 2. The Balaban J connectivity index is 2.41. The lowest BCUT2D eigenvalue weighted by atomic mass is 10.0. The molecule has 0 unspecified atom stereocenters. The standard InChI is InChI=1S/C12H10O3S/c13-11-9-6-3-5-8(4-1-2-7-16)10(9)12(14)15-11/h1,3-6,16H,2,7H2. The van der Waals surface area contributed by atoms with E-state index in [4.69, 9.17) is 0 Å². The first-order valence-corrected chi connectivity index (χ1v) is 5.54. The molecule has 1 heterocycles. The third-order valence-electron chi connectivity index (χ3n) is 2.30. The summed E-state index contributed by atoms with van der Waals surface area (Å²) in [5, 5.41) is 0. The van der Waals surface area contributed by atoms with Gasteiger partial charge in [-0.3, -0.25) is 0 Å². The van der Waals surface area contributed by atoms with Gasteiger partial charge in [0.2, 0.25) is 0 Å². The molecule has 0 radical (unpaired) electrons. The second-order valence-corrected chi connectivity index (χ2v) is 3.81. The monoisotopic (exact) mass is 234 g/mol. The highest BCUT2D eigenvalue weighted by Crippen LogP contribution is 2.24. The van der Waals surface area contributed by atoms with Gasteiger partial charge in [0.25, 0.3) is 0 Å². The van der Waals surface area contributed by atoms with Crippen LogP contribution in [0.15, 0.2) is 24.3 Å². The van der Waals surface area contributed by atoms with Crippen molar-refractivity contribution in [1.82, 2.24) is 0 Å². The van der Waals surface area contributed by atoms with Gasteiger partial charge in [-0.05, 0) is 23.8 Å². The Morgan fingerprint density at radius 3 is 2.81 bits per heavy atom. The molecule has 0 atom stereocenters. The van der Waals surface area contributed by atoms with E-state index in [1.807, 2.05) is 12.2 Å². The zero-order valence-electron chi connectivity index (χ0n) is 8.47. The molecule has 0 spiro atoms. The number of carbonyl (C=O) groups excluding carboxylic acids is 2. The predicted octanol–water partition coefficient (Wildman–Crippen LogP) is 2.33. The van der Waals surface area contributed by atoms with Crippen molar-refractivity contribution in [2.45, 2.75) is 6.42 Å². The molecule has 0 saturated carbocycles. The molecule has 1 aromatic carbocycles. The van der Waals surface area contributed by atoms with Gasteiger partial charge >= 0.3 is 11.9 Å². The maximum Gasteiger partial charge on any atom is 0.347 e. The fourth-order valence-electron chi connectivity index (χ4n) is 1.58. The number of esters is 2. The number of rotatable bonds is 3. The highest BCUT2D eigenvalue weighted by Gasteiger charge is 2.31. The van der Waals surface area contributed by atoms with Gasteiger partial charge in [-0.25, -0.2) is 9.59 Å². The molecule has 3 nitrogen and oxygen atoms in total. The van der Waals surface area contributed by atoms with Crippen LogP contribution in [0.3, 0.4) is 0 Å². The maximum absolute atomic E-state index is 11.4. The number of cyclic esters (lactones) is 2. The van der Waals surface area contributed by atoms with E-state index < -0.39 is 11.9 Å². The topological polar surface area (TPSA) is 43.4 Å². The van der Waals surface area contributed by atoms with Crippen LogP contribution in [-0.2, 0) is 4.74 Å². The summed E-state index contributed by atoms with van der Waals surface area (Å²) in [5.74, 6) is -0.384. The van der Waals surface area contributed by atoms with E-state index in [9.17, 15) is 9.59 Å². The van der Waals surface area contributed by atoms with Crippen molar-refractivity contribution in [2.24, 2.45) is 0 Å².